The van der Waals surface area contributed by atoms with Gasteiger partial charge in [-0.3, -0.25) is 0 Å². The molecule has 0 bridgehead atoms. The Kier molecular flexibility index (Phi) is 7.29. The van der Waals surface area contributed by atoms with Gasteiger partial charge in [0.05, 0.1) is 9.52 Å². The molecule has 0 rings (SSSR count). The zero-order valence-electron chi connectivity index (χ0n) is 9.98. The van der Waals surface area contributed by atoms with E-state index in [1.807, 2.05) is 0 Å². The van der Waals surface area contributed by atoms with Gasteiger partial charge in [0.1, 0.15) is 0 Å². The van der Waals surface area contributed by atoms with Crippen LogP contribution in [0.1, 0.15) is 41.0 Å². The minimum atomic E-state index is 0.0150. The van der Waals surface area contributed by atoms with Crippen LogP contribution < -0.4 is 0 Å². The average Bonchev–Trinajstić information content (AvgIpc) is 2.11. The van der Waals surface area contributed by atoms with Gasteiger partial charge in [-0.15, -0.1) is 0 Å². The van der Waals surface area contributed by atoms with Crippen LogP contribution in [-0.2, 0) is 0 Å². The Morgan fingerprint density at radius 1 is 1.15 bits per heavy atom. The maximum atomic E-state index is 2.58. The summed E-state index contributed by atoms with van der Waals surface area (Å²) in [5, 5.41) is 1.69. The Morgan fingerprint density at radius 3 is 2.15 bits per heavy atom. The molecule has 78 valence electrons. The van der Waals surface area contributed by atoms with E-state index in [4.69, 9.17) is 0 Å². The Hall–Kier alpha value is -0.0831. The molecule has 0 aliphatic heterocycles. The summed E-state index contributed by atoms with van der Waals surface area (Å²) in [7, 11) is 0.0150. The predicted molar refractivity (Wildman–Crippen MR) is 65.0 cm³/mol. The summed E-state index contributed by atoms with van der Waals surface area (Å²) in [4.78, 5) is 2.58. The summed E-state index contributed by atoms with van der Waals surface area (Å²) in [6, 6.07) is 0. The van der Waals surface area contributed by atoms with Crippen molar-refractivity contribution < 1.29 is 0 Å². The third kappa shape index (κ3) is 6.05. The number of nitrogens with zero attached hydrogens (tertiary/aromatic N) is 1. The quantitative estimate of drug-likeness (QED) is 0.593. The molecule has 13 heavy (non-hydrogen) atoms. The SMILES string of the molecule is CCCN(CC)C[SiH2]C(C)=C(C)C. The van der Waals surface area contributed by atoms with Gasteiger partial charge in [0, 0.05) is 0 Å². The molecule has 0 heterocycles. The second-order valence-corrected chi connectivity index (χ2v) is 5.97. The van der Waals surface area contributed by atoms with Crippen molar-refractivity contribution in [3.63, 3.8) is 0 Å². The summed E-state index contributed by atoms with van der Waals surface area (Å²) in [6.07, 6.45) is 2.65. The Bertz CT molecular complexity index is 159. The van der Waals surface area contributed by atoms with E-state index in [2.05, 4.69) is 39.5 Å². The molecule has 0 aromatic carbocycles. The first-order valence-corrected chi connectivity index (χ1v) is 7.17. The molecule has 0 amide bonds. The highest BCUT2D eigenvalue weighted by Gasteiger charge is 2.01. The number of hydrogen-bond donors (Lipinski definition) is 0. The lowest BCUT2D eigenvalue weighted by atomic mass is 10.3. The number of allylic oxidation sites excluding steroid dienone is 2. The highest BCUT2D eigenvalue weighted by molar-refractivity contribution is 6.45. The molecule has 0 fully saturated rings. The van der Waals surface area contributed by atoms with Gasteiger partial charge in [0.2, 0.25) is 0 Å². The van der Waals surface area contributed by atoms with Crippen molar-refractivity contribution in [2.75, 3.05) is 19.3 Å². The molecule has 0 N–H and O–H groups in total. The van der Waals surface area contributed by atoms with Gasteiger partial charge < -0.3 is 4.90 Å². The smallest absolute Gasteiger partial charge is 0.0648 e. The highest BCUT2D eigenvalue weighted by Crippen LogP contribution is 2.00. The van der Waals surface area contributed by atoms with Crippen LogP contribution in [0.3, 0.4) is 0 Å². The van der Waals surface area contributed by atoms with E-state index in [0.29, 0.717) is 0 Å². The molecule has 0 atom stereocenters. The molecule has 0 saturated carbocycles. The highest BCUT2D eigenvalue weighted by atomic mass is 28.2. The Labute approximate surface area is 86.0 Å². The first-order chi connectivity index (χ1) is 6.11. The lowest BCUT2D eigenvalue weighted by Gasteiger charge is -2.19. The fourth-order valence-corrected chi connectivity index (χ4v) is 3.01. The molecule has 0 aromatic rings. The van der Waals surface area contributed by atoms with Crippen molar-refractivity contribution in [2.45, 2.75) is 41.0 Å². The van der Waals surface area contributed by atoms with Crippen LogP contribution in [0.15, 0.2) is 10.8 Å². The maximum Gasteiger partial charge on any atom is 0.0648 e. The van der Waals surface area contributed by atoms with Gasteiger partial charge in [0.15, 0.2) is 0 Å². The molecule has 0 radical (unpaired) electrons. The van der Waals surface area contributed by atoms with E-state index in [1.54, 1.807) is 10.8 Å². The van der Waals surface area contributed by atoms with Crippen molar-refractivity contribution in [1.82, 2.24) is 4.90 Å². The largest absolute Gasteiger partial charge is 0.307 e. The lowest BCUT2D eigenvalue weighted by molar-refractivity contribution is 0.334. The number of hydrogen-bond acceptors (Lipinski definition) is 1. The van der Waals surface area contributed by atoms with Gasteiger partial charge in [-0.1, -0.05) is 24.6 Å². The van der Waals surface area contributed by atoms with Gasteiger partial charge in [0.25, 0.3) is 0 Å². The third-order valence-corrected chi connectivity index (χ3v) is 4.96. The standard InChI is InChI=1S/C11H25NSi/c1-6-8-12(7-2)9-13-11(5)10(3)4/h6-9,13H2,1-5H3. The topological polar surface area (TPSA) is 3.24 Å². The molecule has 0 saturated heterocycles. The van der Waals surface area contributed by atoms with E-state index in [-0.39, 0.29) is 9.52 Å². The van der Waals surface area contributed by atoms with Crippen LogP contribution in [0.4, 0.5) is 0 Å². The molecule has 0 aromatic heterocycles. The van der Waals surface area contributed by atoms with E-state index < -0.39 is 0 Å². The molecule has 0 spiro atoms. The molecule has 0 aliphatic carbocycles. The molecule has 1 nitrogen and oxygen atoms in total. The van der Waals surface area contributed by atoms with Crippen LogP contribution in [0.25, 0.3) is 0 Å². The zero-order valence-corrected chi connectivity index (χ0v) is 11.4. The van der Waals surface area contributed by atoms with Crippen LogP contribution in [0.2, 0.25) is 0 Å². The van der Waals surface area contributed by atoms with Crippen molar-refractivity contribution in [3.8, 4) is 0 Å². The monoisotopic (exact) mass is 199 g/mol. The second kappa shape index (κ2) is 7.33. The molecule has 2 heteroatoms. The first kappa shape index (κ1) is 12.9. The first-order valence-electron chi connectivity index (χ1n) is 5.47. The van der Waals surface area contributed by atoms with Crippen molar-refractivity contribution in [2.24, 2.45) is 0 Å². The Balaban J connectivity index is 3.78. The zero-order chi connectivity index (χ0) is 10.3. The van der Waals surface area contributed by atoms with E-state index in [0.717, 1.165) is 0 Å². The van der Waals surface area contributed by atoms with E-state index in [1.165, 1.54) is 25.7 Å². The second-order valence-electron chi connectivity index (χ2n) is 3.96. The molecule has 0 unspecified atom stereocenters. The van der Waals surface area contributed by atoms with Crippen molar-refractivity contribution >= 4 is 9.52 Å². The molecular formula is C11H25NSi. The molecule has 0 aliphatic rings. The van der Waals surface area contributed by atoms with E-state index in [9.17, 15) is 0 Å². The van der Waals surface area contributed by atoms with Gasteiger partial charge in [-0.05, 0) is 46.4 Å². The fourth-order valence-electron chi connectivity index (χ4n) is 1.32. The summed E-state index contributed by atoms with van der Waals surface area (Å²) in [6.45, 7) is 13.8. The van der Waals surface area contributed by atoms with Gasteiger partial charge >= 0.3 is 0 Å². The molecular weight excluding hydrogens is 174 g/mol. The minimum Gasteiger partial charge on any atom is -0.307 e. The normalized spacial score (nSPS) is 11.5. The van der Waals surface area contributed by atoms with Crippen LogP contribution in [0, 0.1) is 0 Å². The van der Waals surface area contributed by atoms with Crippen LogP contribution in [-0.4, -0.2) is 33.7 Å². The Morgan fingerprint density at radius 2 is 1.77 bits per heavy atom. The van der Waals surface area contributed by atoms with Gasteiger partial charge in [-0.2, -0.15) is 0 Å². The maximum absolute atomic E-state index is 2.58. The van der Waals surface area contributed by atoms with Crippen molar-refractivity contribution in [1.29, 1.82) is 0 Å². The van der Waals surface area contributed by atoms with Crippen molar-refractivity contribution in [3.05, 3.63) is 10.8 Å². The summed E-state index contributed by atoms with van der Waals surface area (Å²) >= 11 is 0. The van der Waals surface area contributed by atoms with Crippen LogP contribution in [0.5, 0.6) is 0 Å². The average molecular weight is 199 g/mol. The predicted octanol–water partition coefficient (Wildman–Crippen LogP) is 2.16. The fraction of sp³-hybridized carbons (Fsp3) is 0.818. The van der Waals surface area contributed by atoms with E-state index >= 15 is 0 Å². The minimum absolute atomic E-state index is 0.0150. The number of rotatable bonds is 6. The summed E-state index contributed by atoms with van der Waals surface area (Å²) in [5.41, 5.74) is 1.54. The summed E-state index contributed by atoms with van der Waals surface area (Å²) < 4.78 is 0. The summed E-state index contributed by atoms with van der Waals surface area (Å²) in [5.74, 6) is 0. The lowest BCUT2D eigenvalue weighted by Crippen LogP contribution is -2.29. The third-order valence-electron chi connectivity index (χ3n) is 2.64. The van der Waals surface area contributed by atoms with Gasteiger partial charge in [-0.25, -0.2) is 0 Å². The van der Waals surface area contributed by atoms with Crippen LogP contribution >= 0.6 is 0 Å².